The monoisotopic (exact) mass is 533 g/mol. The summed E-state index contributed by atoms with van der Waals surface area (Å²) in [5.41, 5.74) is 0.0921. The molecule has 14 heteroatoms. The van der Waals surface area contributed by atoms with Crippen LogP contribution in [0.3, 0.4) is 0 Å². The third kappa shape index (κ3) is 8.29. The largest absolute Gasteiger partial charge is 0.497 e. The van der Waals surface area contributed by atoms with E-state index in [0.29, 0.717) is 11.6 Å². The molecule has 2 heterocycles. The van der Waals surface area contributed by atoms with E-state index in [4.69, 9.17) is 14.6 Å². The number of carboxylic acid groups (broad SMARTS) is 2. The maximum absolute atomic E-state index is 12.6. The maximum atomic E-state index is 12.6. The minimum absolute atomic E-state index is 0.0134. The zero-order valence-electron chi connectivity index (χ0n) is 19.3. The Balaban J connectivity index is 0.000000572. The molecule has 0 radical (unpaired) electrons. The summed E-state index contributed by atoms with van der Waals surface area (Å²) in [7, 11) is -2.39. The van der Waals surface area contributed by atoms with Gasteiger partial charge in [-0.1, -0.05) is 19.3 Å². The molecule has 36 heavy (non-hydrogen) atoms. The Morgan fingerprint density at radius 1 is 1.03 bits per heavy atom. The summed E-state index contributed by atoms with van der Waals surface area (Å²) >= 11 is 0. The minimum Gasteiger partial charge on any atom is -0.497 e. The lowest BCUT2D eigenvalue weighted by Gasteiger charge is -2.27. The van der Waals surface area contributed by atoms with Crippen molar-refractivity contribution in [3.63, 3.8) is 0 Å². The van der Waals surface area contributed by atoms with Crippen molar-refractivity contribution in [2.45, 2.75) is 43.2 Å². The van der Waals surface area contributed by atoms with Gasteiger partial charge < -0.3 is 19.8 Å². The van der Waals surface area contributed by atoms with Crippen LogP contribution in [0.2, 0.25) is 0 Å². The number of carboxylic acids is 2. The summed E-state index contributed by atoms with van der Waals surface area (Å²) in [6.07, 6.45) is 1.65. The number of rotatable bonds is 6. The zero-order chi connectivity index (χ0) is 26.9. The van der Waals surface area contributed by atoms with Gasteiger partial charge in [-0.25, -0.2) is 23.0 Å². The Labute approximate surface area is 205 Å². The second-order valence-electron chi connectivity index (χ2n) is 7.74. The number of aliphatic carboxylic acids is 1. The number of alkyl halides is 3. The first-order valence-corrected chi connectivity index (χ1v) is 12.3. The van der Waals surface area contributed by atoms with Gasteiger partial charge in [-0.05, 0) is 43.2 Å². The van der Waals surface area contributed by atoms with Crippen molar-refractivity contribution in [2.24, 2.45) is 0 Å². The number of anilines is 2. The number of carbonyl (C=O) groups is 2. The van der Waals surface area contributed by atoms with Gasteiger partial charge >= 0.3 is 18.1 Å². The molecule has 0 atom stereocenters. The number of aromatic nitrogens is 1. The van der Waals surface area contributed by atoms with E-state index in [-0.39, 0.29) is 16.1 Å². The van der Waals surface area contributed by atoms with Crippen LogP contribution in [0.4, 0.5) is 24.7 Å². The molecular weight excluding hydrogens is 507 g/mol. The molecule has 1 aromatic heterocycles. The number of nitrogens with zero attached hydrogens (tertiary/aromatic N) is 2. The highest BCUT2D eigenvalue weighted by Gasteiger charge is 2.38. The Bertz CT molecular complexity index is 1150. The van der Waals surface area contributed by atoms with E-state index < -0.39 is 28.1 Å². The van der Waals surface area contributed by atoms with E-state index in [1.165, 1.54) is 37.9 Å². The van der Waals surface area contributed by atoms with Crippen molar-refractivity contribution < 1.29 is 46.1 Å². The van der Waals surface area contributed by atoms with E-state index >= 15 is 0 Å². The highest BCUT2D eigenvalue weighted by Crippen LogP contribution is 2.26. The first kappa shape index (κ1) is 28.7. The second kappa shape index (κ2) is 12.4. The lowest BCUT2D eigenvalue weighted by atomic mass is 10.1. The molecule has 2 aromatic rings. The second-order valence-corrected chi connectivity index (χ2v) is 9.42. The molecule has 3 N–H and O–H groups in total. The fraction of sp³-hybridized carbons (Fsp3) is 0.409. The minimum atomic E-state index is -5.08. The highest BCUT2D eigenvalue weighted by molar-refractivity contribution is 7.92. The first-order valence-electron chi connectivity index (χ1n) is 10.8. The molecule has 0 bridgehead atoms. The standard InChI is InChI=1S/C20H25N3O5S.C2HF3O2/c1-28-16-7-9-17(10-8-16)29(26,27)22-15-13-18(20(24)25)19(21-14-15)23-11-5-3-2-4-6-12-23;3-2(4,5)1(6)7/h7-10,13-14,22H,2-6,11-12H2,1H3,(H,24,25);(H,6,7). The van der Waals surface area contributed by atoms with E-state index in [1.54, 1.807) is 12.1 Å². The number of halogens is 3. The number of ether oxygens (including phenoxy) is 1. The summed E-state index contributed by atoms with van der Waals surface area (Å²) in [4.78, 5) is 27.0. The summed E-state index contributed by atoms with van der Waals surface area (Å²) in [5.74, 6) is -2.98. The molecule has 0 aliphatic carbocycles. The van der Waals surface area contributed by atoms with Crippen LogP contribution in [-0.2, 0) is 14.8 Å². The van der Waals surface area contributed by atoms with Crippen molar-refractivity contribution in [1.29, 1.82) is 0 Å². The first-order chi connectivity index (χ1) is 16.8. The number of nitrogens with one attached hydrogen (secondary N) is 1. The Hall–Kier alpha value is -3.55. The van der Waals surface area contributed by atoms with Crippen molar-refractivity contribution in [1.82, 2.24) is 4.98 Å². The van der Waals surface area contributed by atoms with Crippen molar-refractivity contribution in [2.75, 3.05) is 29.8 Å². The van der Waals surface area contributed by atoms with E-state index in [2.05, 4.69) is 9.71 Å². The van der Waals surface area contributed by atoms with Gasteiger partial charge in [0.2, 0.25) is 0 Å². The van der Waals surface area contributed by atoms with Gasteiger partial charge in [-0.2, -0.15) is 13.2 Å². The fourth-order valence-electron chi connectivity index (χ4n) is 3.35. The predicted molar refractivity (Wildman–Crippen MR) is 124 cm³/mol. The van der Waals surface area contributed by atoms with E-state index in [0.717, 1.165) is 38.8 Å². The third-order valence-electron chi connectivity index (χ3n) is 5.12. The number of sulfonamides is 1. The Morgan fingerprint density at radius 3 is 2.03 bits per heavy atom. The molecular formula is C22H26F3N3O7S. The third-order valence-corrected chi connectivity index (χ3v) is 6.51. The van der Waals surface area contributed by atoms with Crippen LogP contribution in [0.25, 0.3) is 0 Å². The highest BCUT2D eigenvalue weighted by atomic mass is 32.2. The van der Waals surface area contributed by atoms with Crippen molar-refractivity contribution in [3.8, 4) is 5.75 Å². The molecule has 0 saturated carbocycles. The molecule has 1 fully saturated rings. The average Bonchev–Trinajstić information content (AvgIpc) is 2.79. The summed E-state index contributed by atoms with van der Waals surface area (Å²) in [6, 6.07) is 7.24. The van der Waals surface area contributed by atoms with Crippen LogP contribution >= 0.6 is 0 Å². The SMILES string of the molecule is COc1ccc(S(=O)(=O)Nc2cnc(N3CCCCCCC3)c(C(=O)O)c2)cc1.O=C(O)C(F)(F)F. The molecule has 10 nitrogen and oxygen atoms in total. The molecule has 1 aromatic carbocycles. The van der Waals surface area contributed by atoms with Crippen LogP contribution in [0, 0.1) is 0 Å². The number of hydrogen-bond donors (Lipinski definition) is 3. The van der Waals surface area contributed by atoms with Crippen LogP contribution in [-0.4, -0.2) is 61.9 Å². The fourth-order valence-corrected chi connectivity index (χ4v) is 4.39. The Kier molecular flexibility index (Phi) is 9.90. The molecule has 0 amide bonds. The van der Waals surface area contributed by atoms with Crippen molar-refractivity contribution >= 4 is 33.5 Å². The molecule has 0 unspecified atom stereocenters. The van der Waals surface area contributed by atoms with Gasteiger partial charge in [-0.3, -0.25) is 4.72 Å². The summed E-state index contributed by atoms with van der Waals surface area (Å²) < 4.78 is 64.4. The van der Waals surface area contributed by atoms with Gasteiger partial charge in [0.1, 0.15) is 17.1 Å². The van der Waals surface area contributed by atoms with Crippen LogP contribution < -0.4 is 14.4 Å². The number of hydrogen-bond acceptors (Lipinski definition) is 7. The van der Waals surface area contributed by atoms with Gasteiger partial charge in [0.05, 0.1) is 23.9 Å². The molecule has 1 aliphatic heterocycles. The van der Waals surface area contributed by atoms with Crippen LogP contribution in [0.1, 0.15) is 42.5 Å². The average molecular weight is 534 g/mol. The summed E-state index contributed by atoms with van der Waals surface area (Å²) in [5, 5.41) is 16.8. The van der Waals surface area contributed by atoms with Gasteiger partial charge in [0.15, 0.2) is 0 Å². The lowest BCUT2D eigenvalue weighted by molar-refractivity contribution is -0.192. The predicted octanol–water partition coefficient (Wildman–Crippen LogP) is 3.99. The molecule has 1 saturated heterocycles. The number of methoxy groups -OCH3 is 1. The van der Waals surface area contributed by atoms with Gasteiger partial charge in [-0.15, -0.1) is 0 Å². The summed E-state index contributed by atoms with van der Waals surface area (Å²) in [6.45, 7) is 1.48. The quantitative estimate of drug-likeness (QED) is 0.501. The van der Waals surface area contributed by atoms with Gasteiger partial charge in [0, 0.05) is 13.1 Å². The van der Waals surface area contributed by atoms with Crippen LogP contribution in [0.5, 0.6) is 5.75 Å². The van der Waals surface area contributed by atoms with Crippen LogP contribution in [0.15, 0.2) is 41.4 Å². The Morgan fingerprint density at radius 2 is 1.56 bits per heavy atom. The zero-order valence-corrected chi connectivity index (χ0v) is 20.1. The molecule has 198 valence electrons. The smallest absolute Gasteiger partial charge is 0.490 e. The molecule has 3 rings (SSSR count). The number of aromatic carboxylic acids is 1. The van der Waals surface area contributed by atoms with Gasteiger partial charge in [0.25, 0.3) is 10.0 Å². The lowest BCUT2D eigenvalue weighted by Crippen LogP contribution is -2.29. The molecule has 1 aliphatic rings. The topological polar surface area (TPSA) is 146 Å². The van der Waals surface area contributed by atoms with Crippen molar-refractivity contribution in [3.05, 3.63) is 42.1 Å². The van der Waals surface area contributed by atoms with E-state index in [9.17, 15) is 31.5 Å². The number of pyridine rings is 1. The maximum Gasteiger partial charge on any atom is 0.490 e. The number of benzene rings is 1. The van der Waals surface area contributed by atoms with E-state index in [1.807, 2.05) is 4.90 Å². The molecule has 0 spiro atoms. The normalized spacial score (nSPS) is 14.5.